The summed E-state index contributed by atoms with van der Waals surface area (Å²) >= 11 is 0. The molecule has 0 heterocycles. The molecule has 0 fully saturated rings. The van der Waals surface area contributed by atoms with Crippen LogP contribution in [0.4, 0.5) is 18.9 Å². The number of hydrogen-bond donors (Lipinski definition) is 0. The third kappa shape index (κ3) is 3.83. The SMILES string of the molecule is CN(Cc1ccc(F)c(F)c1)C(=O)c1ccc(N(C)C)c(F)c1. The Hall–Kier alpha value is -2.50. The van der Waals surface area contributed by atoms with Crippen molar-refractivity contribution in [2.45, 2.75) is 6.54 Å². The fourth-order valence-electron chi connectivity index (χ4n) is 2.21. The number of anilines is 1. The molecule has 0 aromatic heterocycles. The van der Waals surface area contributed by atoms with Crippen molar-refractivity contribution in [3.8, 4) is 0 Å². The fraction of sp³-hybridized carbons (Fsp3) is 0.235. The van der Waals surface area contributed by atoms with E-state index in [-0.39, 0.29) is 12.1 Å². The van der Waals surface area contributed by atoms with Crippen molar-refractivity contribution in [3.63, 3.8) is 0 Å². The standard InChI is InChI=1S/C17H17F3N2O/c1-21(2)16-7-5-12(9-15(16)20)17(23)22(3)10-11-4-6-13(18)14(19)8-11/h4-9H,10H2,1-3H3. The van der Waals surface area contributed by atoms with E-state index in [1.807, 2.05) is 0 Å². The van der Waals surface area contributed by atoms with Crippen LogP contribution in [-0.4, -0.2) is 32.0 Å². The Morgan fingerprint density at radius 2 is 1.61 bits per heavy atom. The van der Waals surface area contributed by atoms with Gasteiger partial charge < -0.3 is 9.80 Å². The van der Waals surface area contributed by atoms with E-state index in [9.17, 15) is 18.0 Å². The van der Waals surface area contributed by atoms with E-state index in [1.165, 1.54) is 36.2 Å². The zero-order valence-corrected chi connectivity index (χ0v) is 13.1. The first-order valence-electron chi connectivity index (χ1n) is 6.96. The van der Waals surface area contributed by atoms with Crippen LogP contribution < -0.4 is 4.90 Å². The van der Waals surface area contributed by atoms with Gasteiger partial charge in [-0.05, 0) is 35.9 Å². The molecule has 6 heteroatoms. The Labute approximate surface area is 132 Å². The van der Waals surface area contributed by atoms with Gasteiger partial charge in [-0.15, -0.1) is 0 Å². The van der Waals surface area contributed by atoms with E-state index >= 15 is 0 Å². The summed E-state index contributed by atoms with van der Waals surface area (Å²) in [6.45, 7) is 0.0904. The molecule has 0 aliphatic rings. The first kappa shape index (κ1) is 16.9. The summed E-state index contributed by atoms with van der Waals surface area (Å²) in [4.78, 5) is 15.2. The number of carbonyl (C=O) groups is 1. The van der Waals surface area contributed by atoms with Gasteiger partial charge in [-0.2, -0.15) is 0 Å². The monoisotopic (exact) mass is 322 g/mol. The maximum Gasteiger partial charge on any atom is 0.254 e. The Morgan fingerprint density at radius 3 is 2.17 bits per heavy atom. The largest absolute Gasteiger partial charge is 0.375 e. The highest BCUT2D eigenvalue weighted by Gasteiger charge is 2.15. The van der Waals surface area contributed by atoms with Crippen molar-refractivity contribution in [1.29, 1.82) is 0 Å². The Morgan fingerprint density at radius 1 is 0.913 bits per heavy atom. The number of rotatable bonds is 4. The van der Waals surface area contributed by atoms with Crippen molar-refractivity contribution in [1.82, 2.24) is 4.90 Å². The quantitative estimate of drug-likeness (QED) is 0.861. The van der Waals surface area contributed by atoms with Crippen LogP contribution >= 0.6 is 0 Å². The molecule has 3 nitrogen and oxygen atoms in total. The molecule has 2 rings (SSSR count). The van der Waals surface area contributed by atoms with E-state index < -0.39 is 23.4 Å². The molecule has 2 aromatic carbocycles. The minimum absolute atomic E-state index is 0.0904. The summed E-state index contributed by atoms with van der Waals surface area (Å²) in [5.74, 6) is -2.81. The van der Waals surface area contributed by atoms with Crippen molar-refractivity contribution < 1.29 is 18.0 Å². The van der Waals surface area contributed by atoms with E-state index in [1.54, 1.807) is 19.0 Å². The lowest BCUT2D eigenvalue weighted by Crippen LogP contribution is -2.26. The fourth-order valence-corrected chi connectivity index (χ4v) is 2.21. The van der Waals surface area contributed by atoms with Crippen LogP contribution in [0.15, 0.2) is 36.4 Å². The third-order valence-corrected chi connectivity index (χ3v) is 3.43. The number of amides is 1. The second kappa shape index (κ2) is 6.73. The number of carbonyl (C=O) groups excluding carboxylic acids is 1. The predicted octanol–water partition coefficient (Wildman–Crippen LogP) is 3.44. The molecule has 0 spiro atoms. The maximum absolute atomic E-state index is 13.9. The Kier molecular flexibility index (Phi) is 4.93. The molecule has 0 aliphatic carbocycles. The second-order valence-corrected chi connectivity index (χ2v) is 5.47. The minimum Gasteiger partial charge on any atom is -0.375 e. The zero-order chi connectivity index (χ0) is 17.1. The van der Waals surface area contributed by atoms with Gasteiger partial charge in [0.15, 0.2) is 11.6 Å². The molecule has 122 valence electrons. The molecule has 0 bridgehead atoms. The van der Waals surface area contributed by atoms with E-state index in [4.69, 9.17) is 0 Å². The van der Waals surface area contributed by atoms with Crippen molar-refractivity contribution in [2.24, 2.45) is 0 Å². The summed E-state index contributed by atoms with van der Waals surface area (Å²) in [7, 11) is 4.92. The molecule has 0 saturated heterocycles. The summed E-state index contributed by atoms with van der Waals surface area (Å²) in [5.41, 5.74) is 1.02. The number of nitrogens with zero attached hydrogens (tertiary/aromatic N) is 2. The lowest BCUT2D eigenvalue weighted by atomic mass is 10.1. The Bertz CT molecular complexity index is 732. The Balaban J connectivity index is 2.16. The molecule has 0 radical (unpaired) electrons. The molecule has 0 saturated carbocycles. The van der Waals surface area contributed by atoms with E-state index in [2.05, 4.69) is 0 Å². The number of benzene rings is 2. The molecule has 2 aromatic rings. The van der Waals surface area contributed by atoms with Gasteiger partial charge in [0.05, 0.1) is 5.69 Å². The molecule has 0 N–H and O–H groups in total. The maximum atomic E-state index is 13.9. The smallest absolute Gasteiger partial charge is 0.254 e. The first-order chi connectivity index (χ1) is 10.8. The highest BCUT2D eigenvalue weighted by molar-refractivity contribution is 5.94. The average molecular weight is 322 g/mol. The summed E-state index contributed by atoms with van der Waals surface area (Å²) < 4.78 is 40.0. The second-order valence-electron chi connectivity index (χ2n) is 5.47. The van der Waals surface area contributed by atoms with Crippen LogP contribution in [0.5, 0.6) is 0 Å². The molecule has 23 heavy (non-hydrogen) atoms. The van der Waals surface area contributed by atoms with Gasteiger partial charge in [0.2, 0.25) is 0 Å². The first-order valence-corrected chi connectivity index (χ1v) is 6.96. The van der Waals surface area contributed by atoms with Crippen molar-refractivity contribution in [2.75, 3.05) is 26.0 Å². The van der Waals surface area contributed by atoms with Crippen LogP contribution in [0, 0.1) is 17.5 Å². The van der Waals surface area contributed by atoms with E-state index in [0.717, 1.165) is 12.1 Å². The van der Waals surface area contributed by atoms with Gasteiger partial charge in [-0.1, -0.05) is 6.07 Å². The topological polar surface area (TPSA) is 23.6 Å². The average Bonchev–Trinajstić information content (AvgIpc) is 2.49. The molecule has 0 unspecified atom stereocenters. The van der Waals surface area contributed by atoms with Crippen LogP contribution in [0.3, 0.4) is 0 Å². The summed E-state index contributed by atoms with van der Waals surface area (Å²) in [6.07, 6.45) is 0. The molecular formula is C17H17F3N2O. The highest BCUT2D eigenvalue weighted by Crippen LogP contribution is 2.19. The predicted molar refractivity (Wildman–Crippen MR) is 82.9 cm³/mol. The summed E-state index contributed by atoms with van der Waals surface area (Å²) in [5, 5.41) is 0. The number of hydrogen-bond acceptors (Lipinski definition) is 2. The van der Waals surface area contributed by atoms with Gasteiger partial charge in [0.1, 0.15) is 5.82 Å². The van der Waals surface area contributed by atoms with Crippen molar-refractivity contribution >= 4 is 11.6 Å². The van der Waals surface area contributed by atoms with Gasteiger partial charge in [0, 0.05) is 33.3 Å². The van der Waals surface area contributed by atoms with Gasteiger partial charge in [-0.3, -0.25) is 4.79 Å². The lowest BCUT2D eigenvalue weighted by Gasteiger charge is -2.19. The zero-order valence-electron chi connectivity index (χ0n) is 13.1. The third-order valence-electron chi connectivity index (χ3n) is 3.43. The molecule has 0 aliphatic heterocycles. The lowest BCUT2D eigenvalue weighted by molar-refractivity contribution is 0.0784. The molecule has 1 amide bonds. The van der Waals surface area contributed by atoms with Crippen LogP contribution in [-0.2, 0) is 6.54 Å². The normalized spacial score (nSPS) is 10.5. The molecular weight excluding hydrogens is 305 g/mol. The van der Waals surface area contributed by atoms with Crippen LogP contribution in [0.1, 0.15) is 15.9 Å². The number of halogens is 3. The highest BCUT2D eigenvalue weighted by atomic mass is 19.2. The van der Waals surface area contributed by atoms with Crippen molar-refractivity contribution in [3.05, 3.63) is 65.0 Å². The van der Waals surface area contributed by atoms with Gasteiger partial charge in [-0.25, -0.2) is 13.2 Å². The van der Waals surface area contributed by atoms with Crippen LogP contribution in [0.2, 0.25) is 0 Å². The van der Waals surface area contributed by atoms with Gasteiger partial charge in [0.25, 0.3) is 5.91 Å². The van der Waals surface area contributed by atoms with Gasteiger partial charge >= 0.3 is 0 Å². The van der Waals surface area contributed by atoms with E-state index in [0.29, 0.717) is 11.3 Å². The molecule has 0 atom stereocenters. The summed E-state index contributed by atoms with van der Waals surface area (Å²) in [6, 6.07) is 7.66. The minimum atomic E-state index is -0.968. The van der Waals surface area contributed by atoms with Crippen LogP contribution in [0.25, 0.3) is 0 Å².